The molecule has 0 unspecified atom stereocenters. The van der Waals surface area contributed by atoms with Gasteiger partial charge in [-0.2, -0.15) is 0 Å². The van der Waals surface area contributed by atoms with Gasteiger partial charge >= 0.3 is 5.97 Å². The second kappa shape index (κ2) is 5.44. The van der Waals surface area contributed by atoms with Crippen molar-refractivity contribution in [2.24, 2.45) is 0 Å². The molecule has 0 fully saturated rings. The lowest BCUT2D eigenvalue weighted by Gasteiger charge is -2.25. The molecule has 2 aromatic rings. The topological polar surface area (TPSA) is 79.5 Å². The van der Waals surface area contributed by atoms with Crippen LogP contribution in [0.15, 0.2) is 36.5 Å². The van der Waals surface area contributed by atoms with Crippen LogP contribution in [-0.2, 0) is 6.42 Å². The normalized spacial score (nSPS) is 14.4. The molecule has 3 rings (SSSR count). The summed E-state index contributed by atoms with van der Waals surface area (Å²) >= 11 is 0. The summed E-state index contributed by atoms with van der Waals surface area (Å²) in [6, 6.07) is 9.69. The lowest BCUT2D eigenvalue weighted by molar-refractivity contribution is 0.0696. The minimum atomic E-state index is -1.02. The number of rotatable bonds is 2. The van der Waals surface area contributed by atoms with Gasteiger partial charge in [-0.1, -0.05) is 18.2 Å². The van der Waals surface area contributed by atoms with Crippen LogP contribution in [0.25, 0.3) is 0 Å². The highest BCUT2D eigenvalue weighted by Crippen LogP contribution is 2.34. The standard InChI is InChI=1S/C16H17N3O2/c17-13-9-12(16(20)21)10-18-15(13)19-8-4-3-6-11-5-1-2-7-14(11)19/h1-2,5,7,9-10H,3-4,6,8,17H2,(H,20,21). The smallest absolute Gasteiger partial charge is 0.337 e. The number of aromatic nitrogens is 1. The zero-order valence-corrected chi connectivity index (χ0v) is 11.6. The molecule has 0 radical (unpaired) electrons. The van der Waals surface area contributed by atoms with E-state index < -0.39 is 5.97 Å². The van der Waals surface area contributed by atoms with Gasteiger partial charge in [-0.05, 0) is 37.0 Å². The van der Waals surface area contributed by atoms with Crippen molar-refractivity contribution >= 4 is 23.2 Å². The number of benzene rings is 1. The minimum absolute atomic E-state index is 0.111. The molecular weight excluding hydrogens is 266 g/mol. The molecule has 1 aromatic heterocycles. The summed E-state index contributed by atoms with van der Waals surface area (Å²) in [6.45, 7) is 0.834. The van der Waals surface area contributed by atoms with Crippen molar-refractivity contribution in [2.45, 2.75) is 19.3 Å². The summed E-state index contributed by atoms with van der Waals surface area (Å²) in [5.74, 6) is -0.383. The number of nitrogens with two attached hydrogens (primary N) is 1. The van der Waals surface area contributed by atoms with Gasteiger partial charge in [0.1, 0.15) is 0 Å². The zero-order valence-electron chi connectivity index (χ0n) is 11.6. The maximum absolute atomic E-state index is 11.0. The molecule has 1 aliphatic heterocycles. The van der Waals surface area contributed by atoms with Crippen molar-refractivity contribution in [1.82, 2.24) is 4.98 Å². The molecule has 0 amide bonds. The number of carboxylic acids is 1. The summed E-state index contributed by atoms with van der Waals surface area (Å²) in [7, 11) is 0. The Bertz CT molecular complexity index is 685. The number of nitrogens with zero attached hydrogens (tertiary/aromatic N) is 2. The predicted octanol–water partition coefficient (Wildman–Crippen LogP) is 2.84. The number of anilines is 3. The number of para-hydroxylation sites is 1. The van der Waals surface area contributed by atoms with Gasteiger partial charge < -0.3 is 15.7 Å². The van der Waals surface area contributed by atoms with Gasteiger partial charge in [-0.15, -0.1) is 0 Å². The summed E-state index contributed by atoms with van der Waals surface area (Å²) in [5, 5.41) is 9.00. The van der Waals surface area contributed by atoms with E-state index in [9.17, 15) is 4.79 Å². The number of nitrogen functional groups attached to an aromatic ring is 1. The maximum Gasteiger partial charge on any atom is 0.337 e. The molecule has 5 nitrogen and oxygen atoms in total. The van der Waals surface area contributed by atoms with E-state index in [2.05, 4.69) is 22.0 Å². The Kier molecular flexibility index (Phi) is 3.48. The van der Waals surface area contributed by atoms with Crippen LogP contribution in [0.3, 0.4) is 0 Å². The molecule has 1 aliphatic rings. The third-order valence-corrected chi connectivity index (χ3v) is 3.76. The number of aryl methyl sites for hydroxylation is 1. The van der Waals surface area contributed by atoms with Gasteiger partial charge in [0.2, 0.25) is 0 Å². The van der Waals surface area contributed by atoms with Gasteiger partial charge in [-0.3, -0.25) is 0 Å². The van der Waals surface area contributed by atoms with E-state index in [0.717, 1.165) is 31.5 Å². The Morgan fingerprint density at radius 3 is 2.86 bits per heavy atom. The molecule has 0 atom stereocenters. The molecular formula is C16H17N3O2. The average molecular weight is 283 g/mol. The first-order chi connectivity index (χ1) is 10.2. The molecule has 2 heterocycles. The Hall–Kier alpha value is -2.56. The van der Waals surface area contributed by atoms with Crippen LogP contribution in [0.4, 0.5) is 17.2 Å². The van der Waals surface area contributed by atoms with Crippen molar-refractivity contribution in [3.63, 3.8) is 0 Å². The number of hydrogen-bond acceptors (Lipinski definition) is 4. The van der Waals surface area contributed by atoms with Gasteiger partial charge in [0.05, 0.1) is 11.3 Å². The molecule has 21 heavy (non-hydrogen) atoms. The number of hydrogen-bond donors (Lipinski definition) is 2. The molecule has 0 saturated heterocycles. The van der Waals surface area contributed by atoms with E-state index in [0.29, 0.717) is 11.5 Å². The van der Waals surface area contributed by atoms with Gasteiger partial charge in [-0.25, -0.2) is 9.78 Å². The van der Waals surface area contributed by atoms with Crippen molar-refractivity contribution in [2.75, 3.05) is 17.2 Å². The predicted molar refractivity (Wildman–Crippen MR) is 82.0 cm³/mol. The minimum Gasteiger partial charge on any atom is -0.478 e. The first kappa shape index (κ1) is 13.4. The Morgan fingerprint density at radius 2 is 2.10 bits per heavy atom. The third kappa shape index (κ3) is 2.54. The van der Waals surface area contributed by atoms with E-state index in [-0.39, 0.29) is 5.56 Å². The molecule has 0 spiro atoms. The van der Waals surface area contributed by atoms with Crippen molar-refractivity contribution < 1.29 is 9.90 Å². The summed E-state index contributed by atoms with van der Waals surface area (Å²) < 4.78 is 0. The molecule has 3 N–H and O–H groups in total. The quantitative estimate of drug-likeness (QED) is 0.886. The fourth-order valence-corrected chi connectivity index (χ4v) is 2.73. The van der Waals surface area contributed by atoms with Crippen molar-refractivity contribution in [1.29, 1.82) is 0 Å². The van der Waals surface area contributed by atoms with Crippen LogP contribution in [0, 0.1) is 0 Å². The fourth-order valence-electron chi connectivity index (χ4n) is 2.73. The Labute approximate surface area is 123 Å². The number of carboxylic acid groups (broad SMARTS) is 1. The van der Waals surface area contributed by atoms with Gasteiger partial charge in [0, 0.05) is 18.4 Å². The van der Waals surface area contributed by atoms with Crippen LogP contribution in [0.2, 0.25) is 0 Å². The van der Waals surface area contributed by atoms with Gasteiger partial charge in [0.15, 0.2) is 5.82 Å². The van der Waals surface area contributed by atoms with E-state index in [1.54, 1.807) is 0 Å². The second-order valence-corrected chi connectivity index (χ2v) is 5.18. The first-order valence-electron chi connectivity index (χ1n) is 7.01. The van der Waals surface area contributed by atoms with Gasteiger partial charge in [0.25, 0.3) is 0 Å². The van der Waals surface area contributed by atoms with Crippen LogP contribution in [0.1, 0.15) is 28.8 Å². The van der Waals surface area contributed by atoms with Crippen LogP contribution in [-0.4, -0.2) is 22.6 Å². The highest BCUT2D eigenvalue weighted by Gasteiger charge is 2.20. The number of pyridine rings is 1. The largest absolute Gasteiger partial charge is 0.478 e. The molecule has 5 heteroatoms. The molecule has 0 saturated carbocycles. The number of aromatic carboxylic acids is 1. The Balaban J connectivity index is 2.06. The highest BCUT2D eigenvalue weighted by atomic mass is 16.4. The molecule has 108 valence electrons. The van der Waals surface area contributed by atoms with Crippen LogP contribution < -0.4 is 10.6 Å². The lowest BCUT2D eigenvalue weighted by atomic mass is 10.1. The first-order valence-corrected chi connectivity index (χ1v) is 7.01. The molecule has 0 bridgehead atoms. The SMILES string of the molecule is Nc1cc(C(=O)O)cnc1N1CCCCc2ccccc21. The average Bonchev–Trinajstić information content (AvgIpc) is 2.69. The molecule has 0 aliphatic carbocycles. The number of carbonyl (C=O) groups is 1. The van der Waals surface area contributed by atoms with E-state index in [1.807, 2.05) is 12.1 Å². The van der Waals surface area contributed by atoms with E-state index in [1.165, 1.54) is 17.8 Å². The summed E-state index contributed by atoms with van der Waals surface area (Å²) in [5.41, 5.74) is 8.92. The van der Waals surface area contributed by atoms with Crippen molar-refractivity contribution in [3.05, 3.63) is 47.7 Å². The summed E-state index contributed by atoms with van der Waals surface area (Å²) in [4.78, 5) is 17.4. The van der Waals surface area contributed by atoms with E-state index in [4.69, 9.17) is 10.8 Å². The molecule has 1 aromatic carbocycles. The van der Waals surface area contributed by atoms with Crippen LogP contribution in [0.5, 0.6) is 0 Å². The number of fused-ring (bicyclic) bond motifs is 1. The second-order valence-electron chi connectivity index (χ2n) is 5.18. The van der Waals surface area contributed by atoms with Crippen molar-refractivity contribution in [3.8, 4) is 0 Å². The zero-order chi connectivity index (χ0) is 14.8. The highest BCUT2D eigenvalue weighted by molar-refractivity contribution is 5.89. The third-order valence-electron chi connectivity index (χ3n) is 3.76. The van der Waals surface area contributed by atoms with Crippen LogP contribution >= 0.6 is 0 Å². The Morgan fingerprint density at radius 1 is 1.29 bits per heavy atom. The maximum atomic E-state index is 11.0. The fraction of sp³-hybridized carbons (Fsp3) is 0.250. The lowest BCUT2D eigenvalue weighted by Crippen LogP contribution is -2.21. The summed E-state index contributed by atoms with van der Waals surface area (Å²) in [6.07, 6.45) is 4.58. The van der Waals surface area contributed by atoms with E-state index >= 15 is 0 Å². The monoisotopic (exact) mass is 283 g/mol.